The molecular weight excluding hydrogens is 343 g/mol. The molecule has 1 aromatic carbocycles. The smallest absolute Gasteiger partial charge is 0.244 e. The number of sulfonamides is 1. The van der Waals surface area contributed by atoms with Crippen LogP contribution in [0.1, 0.15) is 46.0 Å². The second-order valence-electron chi connectivity index (χ2n) is 6.87. The van der Waals surface area contributed by atoms with Gasteiger partial charge in [0.25, 0.3) is 0 Å². The highest BCUT2D eigenvalue weighted by Gasteiger charge is 2.32. The Morgan fingerprint density at radius 1 is 1.08 bits per heavy atom. The summed E-state index contributed by atoms with van der Waals surface area (Å²) in [5.74, 6) is -1.28. The molecular formula is C18H27FN2O3S. The number of halogens is 1. The lowest BCUT2D eigenvalue weighted by molar-refractivity contribution is -0.134. The molecule has 1 heterocycles. The minimum atomic E-state index is -4.11. The molecule has 1 saturated heterocycles. The van der Waals surface area contributed by atoms with Gasteiger partial charge < -0.3 is 4.90 Å². The molecule has 0 radical (unpaired) electrons. The minimum Gasteiger partial charge on any atom is -0.341 e. The third-order valence-electron chi connectivity index (χ3n) is 4.51. The first-order chi connectivity index (χ1) is 11.8. The first-order valence-electron chi connectivity index (χ1n) is 8.88. The number of amides is 1. The van der Waals surface area contributed by atoms with Gasteiger partial charge in [0.15, 0.2) is 0 Å². The molecule has 1 N–H and O–H groups in total. The van der Waals surface area contributed by atoms with Crippen LogP contribution in [0, 0.1) is 11.7 Å². The van der Waals surface area contributed by atoms with E-state index in [1.807, 2.05) is 0 Å². The Morgan fingerprint density at radius 3 is 2.20 bits per heavy atom. The zero-order chi connectivity index (χ0) is 18.4. The lowest BCUT2D eigenvalue weighted by atomic mass is 10.0. The van der Waals surface area contributed by atoms with Gasteiger partial charge in [-0.2, -0.15) is 4.72 Å². The molecule has 7 heteroatoms. The molecule has 0 saturated carbocycles. The fraction of sp³-hybridized carbons (Fsp3) is 0.611. The van der Waals surface area contributed by atoms with Crippen molar-refractivity contribution in [1.82, 2.24) is 9.62 Å². The van der Waals surface area contributed by atoms with E-state index < -0.39 is 26.8 Å². The number of carbonyl (C=O) groups is 1. The molecule has 1 fully saturated rings. The first-order valence-corrected chi connectivity index (χ1v) is 10.4. The van der Waals surface area contributed by atoms with Crippen molar-refractivity contribution in [2.24, 2.45) is 5.92 Å². The van der Waals surface area contributed by atoms with E-state index in [-0.39, 0.29) is 11.8 Å². The van der Waals surface area contributed by atoms with Crippen LogP contribution in [0.25, 0.3) is 0 Å². The van der Waals surface area contributed by atoms with Gasteiger partial charge >= 0.3 is 0 Å². The highest BCUT2D eigenvalue weighted by molar-refractivity contribution is 7.89. The largest absolute Gasteiger partial charge is 0.341 e. The second kappa shape index (κ2) is 8.76. The number of carbonyl (C=O) groups excluding carboxylic acids is 1. The van der Waals surface area contributed by atoms with Gasteiger partial charge in [0, 0.05) is 13.1 Å². The monoisotopic (exact) mass is 370 g/mol. The molecule has 0 bridgehead atoms. The topological polar surface area (TPSA) is 66.5 Å². The number of hydrogen-bond donors (Lipinski definition) is 1. The number of nitrogens with one attached hydrogen (secondary N) is 1. The lowest BCUT2D eigenvalue weighted by Crippen LogP contribution is -2.51. The molecule has 0 aromatic heterocycles. The van der Waals surface area contributed by atoms with Crippen molar-refractivity contribution < 1.29 is 17.6 Å². The van der Waals surface area contributed by atoms with Gasteiger partial charge in [-0.1, -0.05) is 45.2 Å². The fourth-order valence-electron chi connectivity index (χ4n) is 3.03. The second-order valence-corrected chi connectivity index (χ2v) is 8.55. The minimum absolute atomic E-state index is 0.225. The number of nitrogens with zero attached hydrogens (tertiary/aromatic N) is 1. The molecule has 1 amide bonds. The Morgan fingerprint density at radius 2 is 1.64 bits per heavy atom. The van der Waals surface area contributed by atoms with Crippen LogP contribution in [0.5, 0.6) is 0 Å². The molecule has 0 unspecified atom stereocenters. The van der Waals surface area contributed by atoms with Gasteiger partial charge in [0.05, 0.1) is 0 Å². The van der Waals surface area contributed by atoms with Crippen LogP contribution >= 0.6 is 0 Å². The Bertz CT molecular complexity index is 683. The van der Waals surface area contributed by atoms with Crippen LogP contribution < -0.4 is 4.72 Å². The Hall–Kier alpha value is -1.47. The predicted molar refractivity (Wildman–Crippen MR) is 95.0 cm³/mol. The summed E-state index contributed by atoms with van der Waals surface area (Å²) in [5.41, 5.74) is 0. The molecule has 0 spiro atoms. The molecule has 0 aliphatic carbocycles. The number of hydrogen-bond acceptors (Lipinski definition) is 3. The van der Waals surface area contributed by atoms with E-state index in [4.69, 9.17) is 0 Å². The normalized spacial score (nSPS) is 17.8. The zero-order valence-electron chi connectivity index (χ0n) is 14.9. The van der Waals surface area contributed by atoms with Crippen LogP contribution in [0.4, 0.5) is 4.39 Å². The van der Waals surface area contributed by atoms with Crippen LogP contribution in [0.3, 0.4) is 0 Å². The van der Waals surface area contributed by atoms with Crippen molar-refractivity contribution in [2.45, 2.75) is 56.9 Å². The standard InChI is InChI=1S/C18H27FN2O3S/c1-14(2)17(18(22)21-12-8-4-3-5-9-13-21)20-25(23,24)16-11-7-6-10-15(16)19/h6-7,10-11,14,17,20H,3-5,8-9,12-13H2,1-2H3/t17-/m0/s1. The zero-order valence-corrected chi connectivity index (χ0v) is 15.7. The van der Waals surface area contributed by atoms with Crippen LogP contribution in [-0.4, -0.2) is 38.4 Å². The van der Waals surface area contributed by atoms with Crippen molar-refractivity contribution in [2.75, 3.05) is 13.1 Å². The van der Waals surface area contributed by atoms with Crippen molar-refractivity contribution in [3.8, 4) is 0 Å². The van der Waals surface area contributed by atoms with E-state index in [1.54, 1.807) is 18.7 Å². The van der Waals surface area contributed by atoms with Gasteiger partial charge in [-0.3, -0.25) is 4.79 Å². The molecule has 25 heavy (non-hydrogen) atoms. The van der Waals surface area contributed by atoms with E-state index in [0.29, 0.717) is 13.1 Å². The van der Waals surface area contributed by atoms with E-state index >= 15 is 0 Å². The lowest BCUT2D eigenvalue weighted by Gasteiger charge is -2.31. The average Bonchev–Trinajstić information content (AvgIpc) is 2.52. The summed E-state index contributed by atoms with van der Waals surface area (Å²) in [6, 6.07) is 4.29. The predicted octanol–water partition coefficient (Wildman–Crippen LogP) is 2.92. The van der Waals surface area contributed by atoms with Crippen LogP contribution in [0.15, 0.2) is 29.2 Å². The molecule has 1 aliphatic heterocycles. The van der Waals surface area contributed by atoms with Gasteiger partial charge in [0.2, 0.25) is 15.9 Å². The van der Waals surface area contributed by atoms with Crippen LogP contribution in [0.2, 0.25) is 0 Å². The van der Waals surface area contributed by atoms with Crippen LogP contribution in [-0.2, 0) is 14.8 Å². The van der Waals surface area contributed by atoms with Crippen molar-refractivity contribution in [3.63, 3.8) is 0 Å². The molecule has 1 aromatic rings. The van der Waals surface area contributed by atoms with Crippen molar-refractivity contribution in [1.29, 1.82) is 0 Å². The maximum atomic E-state index is 13.9. The third-order valence-corrected chi connectivity index (χ3v) is 5.98. The average molecular weight is 370 g/mol. The molecule has 2 rings (SSSR count). The van der Waals surface area contributed by atoms with E-state index in [2.05, 4.69) is 4.72 Å². The summed E-state index contributed by atoms with van der Waals surface area (Å²) in [5, 5.41) is 0. The Labute approximate surface area is 149 Å². The maximum Gasteiger partial charge on any atom is 0.244 e. The van der Waals surface area contributed by atoms with Gasteiger partial charge in [-0.25, -0.2) is 12.8 Å². The SMILES string of the molecule is CC(C)[C@H](NS(=O)(=O)c1ccccc1F)C(=O)N1CCCCCCC1. The van der Waals surface area contributed by atoms with E-state index in [9.17, 15) is 17.6 Å². The number of rotatable bonds is 5. The van der Waals surface area contributed by atoms with Crippen molar-refractivity contribution >= 4 is 15.9 Å². The highest BCUT2D eigenvalue weighted by Crippen LogP contribution is 2.18. The van der Waals surface area contributed by atoms with Gasteiger partial charge in [-0.15, -0.1) is 0 Å². The molecule has 1 atom stereocenters. The molecule has 5 nitrogen and oxygen atoms in total. The quantitative estimate of drug-likeness (QED) is 0.867. The number of benzene rings is 1. The van der Waals surface area contributed by atoms with Gasteiger partial charge in [-0.05, 0) is 30.9 Å². The Kier molecular flexibility index (Phi) is 6.95. The highest BCUT2D eigenvalue weighted by atomic mass is 32.2. The summed E-state index contributed by atoms with van der Waals surface area (Å²) in [7, 11) is -4.11. The van der Waals surface area contributed by atoms with E-state index in [1.165, 1.54) is 24.6 Å². The number of likely N-dealkylation sites (tertiary alicyclic amines) is 1. The van der Waals surface area contributed by atoms with E-state index in [0.717, 1.165) is 31.7 Å². The molecule has 1 aliphatic rings. The fourth-order valence-corrected chi connectivity index (χ4v) is 4.45. The Balaban J connectivity index is 2.19. The third kappa shape index (κ3) is 5.25. The summed E-state index contributed by atoms with van der Waals surface area (Å²) in [6.45, 7) is 4.86. The first kappa shape index (κ1) is 19.8. The molecule has 140 valence electrons. The summed E-state index contributed by atoms with van der Waals surface area (Å²) in [4.78, 5) is 14.2. The summed E-state index contributed by atoms with van der Waals surface area (Å²) >= 11 is 0. The van der Waals surface area contributed by atoms with Crippen molar-refractivity contribution in [3.05, 3.63) is 30.1 Å². The summed E-state index contributed by atoms with van der Waals surface area (Å²) < 4.78 is 41.4. The summed E-state index contributed by atoms with van der Waals surface area (Å²) in [6.07, 6.45) is 5.19. The van der Waals surface area contributed by atoms with Gasteiger partial charge in [0.1, 0.15) is 16.8 Å². The maximum absolute atomic E-state index is 13.9.